The highest BCUT2D eigenvalue weighted by Gasteiger charge is 2.17. The standard InChI is InChI=1S/C7H11N3O/c1-10-3-6(2-8-10)9-7-4-11-5-7/h2-3,7,9H,4-5H2,1H3. The van der Waals surface area contributed by atoms with Crippen molar-refractivity contribution in [1.82, 2.24) is 9.78 Å². The molecule has 1 N–H and O–H groups in total. The second-order valence-corrected chi connectivity index (χ2v) is 2.78. The Balaban J connectivity index is 1.95. The molecule has 0 spiro atoms. The van der Waals surface area contributed by atoms with Crippen LogP contribution in [0.2, 0.25) is 0 Å². The van der Waals surface area contributed by atoms with Crippen LogP contribution in [0.25, 0.3) is 0 Å². The first-order chi connectivity index (χ1) is 5.34. The molecule has 4 nitrogen and oxygen atoms in total. The quantitative estimate of drug-likeness (QED) is 0.661. The summed E-state index contributed by atoms with van der Waals surface area (Å²) in [5.74, 6) is 0. The Morgan fingerprint density at radius 1 is 1.73 bits per heavy atom. The predicted molar refractivity (Wildman–Crippen MR) is 41.4 cm³/mol. The van der Waals surface area contributed by atoms with E-state index in [1.807, 2.05) is 19.4 Å². The fourth-order valence-electron chi connectivity index (χ4n) is 1.05. The molecule has 0 aliphatic carbocycles. The Labute approximate surface area is 65.2 Å². The largest absolute Gasteiger partial charge is 0.377 e. The molecule has 4 heteroatoms. The van der Waals surface area contributed by atoms with Crippen molar-refractivity contribution < 1.29 is 4.74 Å². The maximum atomic E-state index is 5.02. The average molecular weight is 153 g/mol. The van der Waals surface area contributed by atoms with Gasteiger partial charge in [0.2, 0.25) is 0 Å². The smallest absolute Gasteiger partial charge is 0.0730 e. The third kappa shape index (κ3) is 1.35. The lowest BCUT2D eigenvalue weighted by Crippen LogP contribution is -2.40. The average Bonchev–Trinajstić information content (AvgIpc) is 2.27. The first kappa shape index (κ1) is 6.67. The molecule has 1 aromatic rings. The molecule has 1 aliphatic heterocycles. The van der Waals surface area contributed by atoms with Gasteiger partial charge in [-0.2, -0.15) is 5.10 Å². The van der Waals surface area contributed by atoms with Gasteiger partial charge in [-0.25, -0.2) is 0 Å². The van der Waals surface area contributed by atoms with E-state index in [1.165, 1.54) is 0 Å². The highest BCUT2D eigenvalue weighted by atomic mass is 16.5. The molecule has 11 heavy (non-hydrogen) atoms. The van der Waals surface area contributed by atoms with Crippen LogP contribution in [0.15, 0.2) is 12.4 Å². The highest BCUT2D eigenvalue weighted by Crippen LogP contribution is 2.10. The number of ether oxygens (including phenoxy) is 1. The first-order valence-corrected chi connectivity index (χ1v) is 3.67. The van der Waals surface area contributed by atoms with E-state index >= 15 is 0 Å². The number of rotatable bonds is 2. The van der Waals surface area contributed by atoms with E-state index < -0.39 is 0 Å². The number of aromatic nitrogens is 2. The molecule has 0 radical (unpaired) electrons. The maximum absolute atomic E-state index is 5.02. The minimum absolute atomic E-state index is 0.485. The summed E-state index contributed by atoms with van der Waals surface area (Å²) in [6.45, 7) is 1.63. The van der Waals surface area contributed by atoms with Gasteiger partial charge < -0.3 is 10.1 Å². The zero-order chi connectivity index (χ0) is 7.68. The molecule has 0 atom stereocenters. The second-order valence-electron chi connectivity index (χ2n) is 2.78. The van der Waals surface area contributed by atoms with E-state index in [0.717, 1.165) is 18.9 Å². The van der Waals surface area contributed by atoms with Gasteiger partial charge in [-0.1, -0.05) is 0 Å². The van der Waals surface area contributed by atoms with E-state index in [2.05, 4.69) is 10.4 Å². The Bertz CT molecular complexity index is 242. The molecule has 0 bridgehead atoms. The van der Waals surface area contributed by atoms with Crippen LogP contribution in [-0.2, 0) is 11.8 Å². The molecule has 2 rings (SSSR count). The van der Waals surface area contributed by atoms with Crippen LogP contribution in [-0.4, -0.2) is 29.0 Å². The predicted octanol–water partition coefficient (Wildman–Crippen LogP) is 0.231. The number of hydrogen-bond acceptors (Lipinski definition) is 3. The van der Waals surface area contributed by atoms with E-state index in [0.29, 0.717) is 6.04 Å². The van der Waals surface area contributed by atoms with Crippen LogP contribution in [0.3, 0.4) is 0 Å². The number of aryl methyl sites for hydroxylation is 1. The summed E-state index contributed by atoms with van der Waals surface area (Å²) in [6, 6.07) is 0.485. The summed E-state index contributed by atoms with van der Waals surface area (Å²) in [6.07, 6.45) is 3.77. The summed E-state index contributed by atoms with van der Waals surface area (Å²) >= 11 is 0. The van der Waals surface area contributed by atoms with Gasteiger partial charge in [0, 0.05) is 13.2 Å². The van der Waals surface area contributed by atoms with Crippen molar-refractivity contribution in [1.29, 1.82) is 0 Å². The zero-order valence-electron chi connectivity index (χ0n) is 6.45. The third-order valence-electron chi connectivity index (χ3n) is 1.71. The normalized spacial score (nSPS) is 17.9. The Morgan fingerprint density at radius 2 is 2.55 bits per heavy atom. The zero-order valence-corrected chi connectivity index (χ0v) is 6.45. The van der Waals surface area contributed by atoms with Gasteiger partial charge in [-0.05, 0) is 0 Å². The van der Waals surface area contributed by atoms with Gasteiger partial charge in [0.1, 0.15) is 0 Å². The maximum Gasteiger partial charge on any atom is 0.0730 e. The highest BCUT2D eigenvalue weighted by molar-refractivity contribution is 5.39. The lowest BCUT2D eigenvalue weighted by Gasteiger charge is -2.26. The summed E-state index contributed by atoms with van der Waals surface area (Å²) in [7, 11) is 1.91. The summed E-state index contributed by atoms with van der Waals surface area (Å²) in [4.78, 5) is 0. The lowest BCUT2D eigenvalue weighted by molar-refractivity contribution is 0.0211. The number of hydrogen-bond donors (Lipinski definition) is 1. The summed E-state index contributed by atoms with van der Waals surface area (Å²) in [5.41, 5.74) is 1.07. The molecule has 0 aromatic carbocycles. The van der Waals surface area contributed by atoms with E-state index in [4.69, 9.17) is 4.74 Å². The van der Waals surface area contributed by atoms with E-state index in [9.17, 15) is 0 Å². The molecular formula is C7H11N3O. The van der Waals surface area contributed by atoms with Gasteiger partial charge in [0.05, 0.1) is 31.1 Å². The van der Waals surface area contributed by atoms with Crippen LogP contribution in [0.5, 0.6) is 0 Å². The van der Waals surface area contributed by atoms with Crippen molar-refractivity contribution in [3.05, 3.63) is 12.4 Å². The van der Waals surface area contributed by atoms with Crippen molar-refractivity contribution in [3.8, 4) is 0 Å². The minimum Gasteiger partial charge on any atom is -0.377 e. The number of nitrogens with zero attached hydrogens (tertiary/aromatic N) is 2. The van der Waals surface area contributed by atoms with E-state index in [1.54, 1.807) is 4.68 Å². The lowest BCUT2D eigenvalue weighted by atomic mass is 10.2. The molecular weight excluding hydrogens is 142 g/mol. The van der Waals surface area contributed by atoms with Gasteiger partial charge in [-0.3, -0.25) is 4.68 Å². The van der Waals surface area contributed by atoms with Gasteiger partial charge in [0.25, 0.3) is 0 Å². The van der Waals surface area contributed by atoms with Crippen LogP contribution < -0.4 is 5.32 Å². The van der Waals surface area contributed by atoms with Crippen LogP contribution >= 0.6 is 0 Å². The Hall–Kier alpha value is -1.03. The fraction of sp³-hybridized carbons (Fsp3) is 0.571. The molecule has 1 fully saturated rings. The van der Waals surface area contributed by atoms with E-state index in [-0.39, 0.29) is 0 Å². The van der Waals surface area contributed by atoms with Crippen molar-refractivity contribution in [3.63, 3.8) is 0 Å². The topological polar surface area (TPSA) is 39.1 Å². The first-order valence-electron chi connectivity index (χ1n) is 3.67. The summed E-state index contributed by atoms with van der Waals surface area (Å²) in [5, 5.41) is 7.33. The molecule has 1 aliphatic rings. The SMILES string of the molecule is Cn1cc(NC2COC2)cn1. The molecule has 0 amide bonds. The molecule has 1 aromatic heterocycles. The second kappa shape index (κ2) is 2.54. The molecule has 0 unspecified atom stereocenters. The van der Waals surface area contributed by atoms with Gasteiger partial charge in [0.15, 0.2) is 0 Å². The Morgan fingerprint density at radius 3 is 3.00 bits per heavy atom. The monoisotopic (exact) mass is 153 g/mol. The van der Waals surface area contributed by atoms with Crippen molar-refractivity contribution >= 4 is 5.69 Å². The summed E-state index contributed by atoms with van der Waals surface area (Å²) < 4.78 is 6.80. The van der Waals surface area contributed by atoms with Crippen molar-refractivity contribution in [2.45, 2.75) is 6.04 Å². The van der Waals surface area contributed by atoms with Gasteiger partial charge in [-0.15, -0.1) is 0 Å². The number of anilines is 1. The fourth-order valence-corrected chi connectivity index (χ4v) is 1.05. The molecule has 2 heterocycles. The third-order valence-corrected chi connectivity index (χ3v) is 1.71. The van der Waals surface area contributed by atoms with Crippen molar-refractivity contribution in [2.75, 3.05) is 18.5 Å². The van der Waals surface area contributed by atoms with Crippen molar-refractivity contribution in [2.24, 2.45) is 7.05 Å². The Kier molecular flexibility index (Phi) is 1.54. The van der Waals surface area contributed by atoms with Crippen LogP contribution in [0, 0.1) is 0 Å². The van der Waals surface area contributed by atoms with Gasteiger partial charge >= 0.3 is 0 Å². The molecule has 1 saturated heterocycles. The number of nitrogens with one attached hydrogen (secondary N) is 1. The van der Waals surface area contributed by atoms with Crippen LogP contribution in [0.4, 0.5) is 5.69 Å². The minimum atomic E-state index is 0.485. The van der Waals surface area contributed by atoms with Crippen LogP contribution in [0.1, 0.15) is 0 Å². The molecule has 60 valence electrons. The molecule has 0 saturated carbocycles.